The number of para-hydroxylation sites is 2. The first-order valence-corrected chi connectivity index (χ1v) is 8.26. The molecular formula is C19H20N4O2. The lowest BCUT2D eigenvalue weighted by Crippen LogP contribution is -2.34. The smallest absolute Gasteiger partial charge is 0.251 e. The van der Waals surface area contributed by atoms with Crippen LogP contribution in [0, 0.1) is 0 Å². The third-order valence-electron chi connectivity index (χ3n) is 3.80. The first kappa shape index (κ1) is 16.7. The van der Waals surface area contributed by atoms with Crippen LogP contribution in [-0.2, 0) is 11.2 Å². The molecule has 0 fully saturated rings. The molecule has 6 heteroatoms. The maximum atomic E-state index is 11.9. The molecule has 0 spiro atoms. The lowest BCUT2D eigenvalue weighted by Gasteiger charge is -2.07. The van der Waals surface area contributed by atoms with Crippen LogP contribution in [0.4, 0.5) is 0 Å². The van der Waals surface area contributed by atoms with E-state index in [9.17, 15) is 9.59 Å². The summed E-state index contributed by atoms with van der Waals surface area (Å²) < 4.78 is 0. The van der Waals surface area contributed by atoms with Gasteiger partial charge in [0.05, 0.1) is 11.0 Å². The summed E-state index contributed by atoms with van der Waals surface area (Å²) in [5, 5.41) is 5.57. The van der Waals surface area contributed by atoms with Crippen LogP contribution < -0.4 is 10.6 Å². The molecule has 0 aliphatic carbocycles. The predicted molar refractivity (Wildman–Crippen MR) is 96.2 cm³/mol. The van der Waals surface area contributed by atoms with Crippen molar-refractivity contribution in [3.8, 4) is 0 Å². The monoisotopic (exact) mass is 336 g/mol. The second-order valence-electron chi connectivity index (χ2n) is 5.67. The number of H-pyrrole nitrogens is 1. The highest BCUT2D eigenvalue weighted by molar-refractivity contribution is 5.94. The van der Waals surface area contributed by atoms with Crippen LogP contribution in [0.15, 0.2) is 54.6 Å². The molecule has 3 rings (SSSR count). The van der Waals surface area contributed by atoms with Gasteiger partial charge in [-0.05, 0) is 24.3 Å². The number of fused-ring (bicyclic) bond motifs is 1. The van der Waals surface area contributed by atoms with Crippen molar-refractivity contribution >= 4 is 22.8 Å². The summed E-state index contributed by atoms with van der Waals surface area (Å²) in [6.07, 6.45) is 0.906. The molecule has 6 nitrogen and oxygen atoms in total. The maximum Gasteiger partial charge on any atom is 0.251 e. The van der Waals surface area contributed by atoms with Gasteiger partial charge in [0.25, 0.3) is 5.91 Å². The molecule has 1 aromatic heterocycles. The quantitative estimate of drug-likeness (QED) is 0.577. The van der Waals surface area contributed by atoms with Gasteiger partial charge >= 0.3 is 0 Å². The number of carbonyl (C=O) groups excluding carboxylic acids is 2. The van der Waals surface area contributed by atoms with E-state index in [4.69, 9.17) is 0 Å². The molecule has 0 aliphatic heterocycles. The average Bonchev–Trinajstić information content (AvgIpc) is 3.07. The van der Waals surface area contributed by atoms with Crippen molar-refractivity contribution in [3.05, 3.63) is 66.0 Å². The number of rotatable bonds is 7. The van der Waals surface area contributed by atoms with E-state index >= 15 is 0 Å². The summed E-state index contributed by atoms with van der Waals surface area (Å²) in [6, 6.07) is 16.8. The number of hydrogen-bond donors (Lipinski definition) is 3. The van der Waals surface area contributed by atoms with Crippen LogP contribution in [0.3, 0.4) is 0 Å². The van der Waals surface area contributed by atoms with E-state index in [1.165, 1.54) is 0 Å². The van der Waals surface area contributed by atoms with Gasteiger partial charge < -0.3 is 15.6 Å². The van der Waals surface area contributed by atoms with Gasteiger partial charge in [-0.1, -0.05) is 30.3 Å². The minimum Gasteiger partial charge on any atom is -0.354 e. The average molecular weight is 336 g/mol. The van der Waals surface area contributed by atoms with Crippen LogP contribution in [0.5, 0.6) is 0 Å². The van der Waals surface area contributed by atoms with Gasteiger partial charge in [0, 0.05) is 31.5 Å². The standard InChI is InChI=1S/C19H20N4O2/c24-18(11-10-17-22-15-8-4-5-9-16(15)23-17)20-12-13-21-19(25)14-6-2-1-3-7-14/h1-9H,10-13H2,(H,20,24)(H,21,25)(H,22,23). The molecule has 2 aromatic carbocycles. The van der Waals surface area contributed by atoms with Crippen molar-refractivity contribution < 1.29 is 9.59 Å². The highest BCUT2D eigenvalue weighted by Crippen LogP contribution is 2.11. The number of benzene rings is 2. The van der Waals surface area contributed by atoms with Crippen molar-refractivity contribution in [2.45, 2.75) is 12.8 Å². The third-order valence-corrected chi connectivity index (χ3v) is 3.80. The number of hydrogen-bond acceptors (Lipinski definition) is 3. The second kappa shape index (κ2) is 8.10. The van der Waals surface area contributed by atoms with E-state index in [1.54, 1.807) is 12.1 Å². The predicted octanol–water partition coefficient (Wildman–Crippen LogP) is 2.04. The molecule has 0 radical (unpaired) electrons. The van der Waals surface area contributed by atoms with E-state index in [2.05, 4.69) is 20.6 Å². The third kappa shape index (κ3) is 4.67. The largest absolute Gasteiger partial charge is 0.354 e. The van der Waals surface area contributed by atoms with Gasteiger partial charge in [0.2, 0.25) is 5.91 Å². The van der Waals surface area contributed by atoms with Gasteiger partial charge in [-0.3, -0.25) is 9.59 Å². The Morgan fingerprint density at radius 2 is 1.64 bits per heavy atom. The number of aromatic nitrogens is 2. The van der Waals surface area contributed by atoms with Gasteiger partial charge in [-0.15, -0.1) is 0 Å². The molecule has 2 amide bonds. The van der Waals surface area contributed by atoms with Gasteiger partial charge in [-0.25, -0.2) is 4.98 Å². The van der Waals surface area contributed by atoms with Gasteiger partial charge in [-0.2, -0.15) is 0 Å². The molecule has 0 bridgehead atoms. The zero-order valence-electron chi connectivity index (χ0n) is 13.8. The van der Waals surface area contributed by atoms with Crippen LogP contribution in [0.1, 0.15) is 22.6 Å². The number of aryl methyl sites for hydroxylation is 1. The maximum absolute atomic E-state index is 11.9. The summed E-state index contributed by atoms with van der Waals surface area (Å²) in [5.41, 5.74) is 2.49. The zero-order chi connectivity index (χ0) is 17.5. The summed E-state index contributed by atoms with van der Waals surface area (Å²) >= 11 is 0. The van der Waals surface area contributed by atoms with Crippen LogP contribution in [0.25, 0.3) is 11.0 Å². The molecule has 0 saturated heterocycles. The molecule has 0 saturated carbocycles. The van der Waals surface area contributed by atoms with E-state index in [0.717, 1.165) is 16.9 Å². The summed E-state index contributed by atoms with van der Waals surface area (Å²) in [7, 11) is 0. The topological polar surface area (TPSA) is 86.9 Å². The Morgan fingerprint density at radius 3 is 2.44 bits per heavy atom. The van der Waals surface area contributed by atoms with Crippen molar-refractivity contribution in [1.82, 2.24) is 20.6 Å². The minimum atomic E-state index is -0.142. The van der Waals surface area contributed by atoms with E-state index in [0.29, 0.717) is 31.5 Å². The van der Waals surface area contributed by atoms with Gasteiger partial charge in [0.15, 0.2) is 0 Å². The van der Waals surface area contributed by atoms with E-state index < -0.39 is 0 Å². The van der Waals surface area contributed by atoms with Crippen molar-refractivity contribution in [2.75, 3.05) is 13.1 Å². The molecule has 128 valence electrons. The second-order valence-corrected chi connectivity index (χ2v) is 5.67. The molecule has 3 N–H and O–H groups in total. The van der Waals surface area contributed by atoms with Crippen molar-refractivity contribution in [2.24, 2.45) is 0 Å². The zero-order valence-corrected chi connectivity index (χ0v) is 13.8. The normalized spacial score (nSPS) is 10.6. The fourth-order valence-corrected chi connectivity index (χ4v) is 2.51. The Kier molecular flexibility index (Phi) is 5.41. The van der Waals surface area contributed by atoms with Crippen molar-refractivity contribution in [3.63, 3.8) is 0 Å². The first-order chi connectivity index (χ1) is 12.2. The molecule has 0 unspecified atom stereocenters. The number of nitrogens with zero attached hydrogens (tertiary/aromatic N) is 1. The molecule has 0 aliphatic rings. The number of carbonyl (C=O) groups is 2. The number of aromatic amines is 1. The summed E-state index contributed by atoms with van der Waals surface area (Å²) in [4.78, 5) is 31.4. The van der Waals surface area contributed by atoms with Gasteiger partial charge in [0.1, 0.15) is 5.82 Å². The van der Waals surface area contributed by atoms with Crippen molar-refractivity contribution in [1.29, 1.82) is 0 Å². The molecule has 3 aromatic rings. The number of amides is 2. The van der Waals surface area contributed by atoms with Crippen LogP contribution >= 0.6 is 0 Å². The van der Waals surface area contributed by atoms with E-state index in [1.807, 2.05) is 42.5 Å². The summed E-state index contributed by atoms with van der Waals surface area (Å²) in [6.45, 7) is 0.793. The lowest BCUT2D eigenvalue weighted by molar-refractivity contribution is -0.121. The first-order valence-electron chi connectivity index (χ1n) is 8.26. The molecule has 25 heavy (non-hydrogen) atoms. The van der Waals surface area contributed by atoms with Crippen LogP contribution in [0.2, 0.25) is 0 Å². The Balaban J connectivity index is 1.36. The highest BCUT2D eigenvalue weighted by Gasteiger charge is 2.07. The lowest BCUT2D eigenvalue weighted by atomic mass is 10.2. The Morgan fingerprint density at radius 1 is 0.920 bits per heavy atom. The molecule has 1 heterocycles. The van der Waals surface area contributed by atoms with Crippen LogP contribution in [-0.4, -0.2) is 34.9 Å². The SMILES string of the molecule is O=C(CCc1nc2ccccc2[nH]1)NCCNC(=O)c1ccccc1. The summed E-state index contributed by atoms with van der Waals surface area (Å²) in [5.74, 6) is 0.597. The van der Waals surface area contributed by atoms with E-state index in [-0.39, 0.29) is 11.8 Å². The minimum absolute atomic E-state index is 0.0607. The fraction of sp³-hybridized carbons (Fsp3) is 0.211. The fourth-order valence-electron chi connectivity index (χ4n) is 2.51. The Hall–Kier alpha value is -3.15. The molecular weight excluding hydrogens is 316 g/mol. The Labute approximate surface area is 145 Å². The molecule has 0 atom stereocenters. The number of nitrogens with one attached hydrogen (secondary N) is 3. The Bertz CT molecular complexity index is 825. The highest BCUT2D eigenvalue weighted by atomic mass is 16.2. The number of imidazole rings is 1.